The second-order valence-electron chi connectivity index (χ2n) is 6.13. The van der Waals surface area contributed by atoms with E-state index in [0.29, 0.717) is 5.56 Å². The Labute approximate surface area is 139 Å². The van der Waals surface area contributed by atoms with Gasteiger partial charge >= 0.3 is 5.97 Å². The molecule has 0 amide bonds. The van der Waals surface area contributed by atoms with Crippen molar-refractivity contribution < 1.29 is 9.90 Å². The molecule has 0 bridgehead atoms. The molecule has 1 heterocycles. The molecule has 0 spiro atoms. The van der Waals surface area contributed by atoms with Crippen molar-refractivity contribution in [2.24, 2.45) is 0 Å². The van der Waals surface area contributed by atoms with Crippen LogP contribution in [0.15, 0.2) is 60.7 Å². The van der Waals surface area contributed by atoms with E-state index in [1.807, 2.05) is 12.1 Å². The standard InChI is InChI=1S/C21H17NO2/c1-13-5-3-7-17-19(13)20-14(2)6-4-8-18(20)22(17)16-11-9-15(10-12-16)21(23)24/h3-12H,1-2H3,(H,23,24). The van der Waals surface area contributed by atoms with Gasteiger partial charge in [0, 0.05) is 16.5 Å². The number of rotatable bonds is 2. The van der Waals surface area contributed by atoms with Gasteiger partial charge in [0.2, 0.25) is 0 Å². The number of carbonyl (C=O) groups is 1. The summed E-state index contributed by atoms with van der Waals surface area (Å²) in [7, 11) is 0. The van der Waals surface area contributed by atoms with E-state index < -0.39 is 5.97 Å². The van der Waals surface area contributed by atoms with Gasteiger partial charge in [0.05, 0.1) is 16.6 Å². The van der Waals surface area contributed by atoms with Crippen molar-refractivity contribution in [2.75, 3.05) is 0 Å². The number of aryl methyl sites for hydroxylation is 2. The van der Waals surface area contributed by atoms with E-state index in [9.17, 15) is 4.79 Å². The van der Waals surface area contributed by atoms with Crippen LogP contribution in [-0.4, -0.2) is 15.6 Å². The van der Waals surface area contributed by atoms with Gasteiger partial charge in [-0.2, -0.15) is 0 Å². The molecular weight excluding hydrogens is 298 g/mol. The Bertz CT molecular complexity index is 1030. The highest BCUT2D eigenvalue weighted by Crippen LogP contribution is 2.35. The normalized spacial score (nSPS) is 11.2. The summed E-state index contributed by atoms with van der Waals surface area (Å²) in [4.78, 5) is 11.1. The van der Waals surface area contributed by atoms with Crippen LogP contribution in [0, 0.1) is 13.8 Å². The zero-order valence-corrected chi connectivity index (χ0v) is 13.6. The molecule has 0 fully saturated rings. The average molecular weight is 315 g/mol. The number of nitrogens with zero attached hydrogens (tertiary/aromatic N) is 1. The monoisotopic (exact) mass is 315 g/mol. The number of carboxylic acids is 1. The van der Waals surface area contributed by atoms with Crippen molar-refractivity contribution in [3.05, 3.63) is 77.4 Å². The first-order valence-corrected chi connectivity index (χ1v) is 7.91. The number of aromatic nitrogens is 1. The highest BCUT2D eigenvalue weighted by molar-refractivity contribution is 6.12. The third kappa shape index (κ3) is 2.02. The van der Waals surface area contributed by atoms with Gasteiger partial charge in [-0.1, -0.05) is 24.3 Å². The second-order valence-corrected chi connectivity index (χ2v) is 6.13. The number of benzene rings is 3. The summed E-state index contributed by atoms with van der Waals surface area (Å²) in [6, 6.07) is 19.7. The molecular formula is C21H17NO2. The molecule has 118 valence electrons. The van der Waals surface area contributed by atoms with Crippen LogP contribution in [0.4, 0.5) is 0 Å². The van der Waals surface area contributed by atoms with Crippen molar-refractivity contribution in [2.45, 2.75) is 13.8 Å². The molecule has 0 unspecified atom stereocenters. The summed E-state index contributed by atoms with van der Waals surface area (Å²) >= 11 is 0. The van der Waals surface area contributed by atoms with Crippen LogP contribution in [0.5, 0.6) is 0 Å². The third-order valence-corrected chi connectivity index (χ3v) is 4.61. The lowest BCUT2D eigenvalue weighted by atomic mass is 10.0. The van der Waals surface area contributed by atoms with Crippen LogP contribution in [0.25, 0.3) is 27.5 Å². The van der Waals surface area contributed by atoms with Crippen LogP contribution in [-0.2, 0) is 0 Å². The van der Waals surface area contributed by atoms with Gasteiger partial charge in [-0.25, -0.2) is 4.79 Å². The first kappa shape index (κ1) is 14.5. The molecule has 0 aliphatic heterocycles. The van der Waals surface area contributed by atoms with E-state index in [-0.39, 0.29) is 0 Å². The van der Waals surface area contributed by atoms with E-state index in [4.69, 9.17) is 5.11 Å². The molecule has 1 N–H and O–H groups in total. The molecule has 0 atom stereocenters. The SMILES string of the molecule is Cc1cccc2c1c1c(C)cccc1n2-c1ccc(C(=O)O)cc1. The Morgan fingerprint density at radius 3 is 1.75 bits per heavy atom. The summed E-state index contributed by atoms with van der Waals surface area (Å²) in [5, 5.41) is 11.6. The van der Waals surface area contributed by atoms with Gasteiger partial charge in [0.25, 0.3) is 0 Å². The van der Waals surface area contributed by atoms with Crippen LogP contribution in [0.1, 0.15) is 21.5 Å². The molecule has 24 heavy (non-hydrogen) atoms. The second kappa shape index (κ2) is 5.24. The minimum Gasteiger partial charge on any atom is -0.478 e. The van der Waals surface area contributed by atoms with Crippen LogP contribution in [0.2, 0.25) is 0 Å². The summed E-state index contributed by atoms with van der Waals surface area (Å²) < 4.78 is 2.20. The van der Waals surface area contributed by atoms with Crippen molar-refractivity contribution in [3.8, 4) is 5.69 Å². The number of carboxylic acid groups (broad SMARTS) is 1. The fourth-order valence-corrected chi connectivity index (χ4v) is 3.49. The molecule has 0 aliphatic rings. The largest absolute Gasteiger partial charge is 0.478 e. The minimum atomic E-state index is -0.907. The molecule has 0 aliphatic carbocycles. The van der Waals surface area contributed by atoms with Crippen molar-refractivity contribution in [1.82, 2.24) is 4.57 Å². The third-order valence-electron chi connectivity index (χ3n) is 4.61. The maximum atomic E-state index is 11.1. The smallest absolute Gasteiger partial charge is 0.335 e. The molecule has 0 radical (unpaired) electrons. The zero-order valence-electron chi connectivity index (χ0n) is 13.6. The van der Waals surface area contributed by atoms with Crippen molar-refractivity contribution >= 4 is 27.8 Å². The van der Waals surface area contributed by atoms with E-state index in [0.717, 1.165) is 16.7 Å². The van der Waals surface area contributed by atoms with E-state index >= 15 is 0 Å². The van der Waals surface area contributed by atoms with Crippen LogP contribution in [0.3, 0.4) is 0 Å². The number of hydrogen-bond acceptors (Lipinski definition) is 1. The van der Waals surface area contributed by atoms with Gasteiger partial charge < -0.3 is 9.67 Å². The van der Waals surface area contributed by atoms with Gasteiger partial charge in [-0.05, 0) is 61.4 Å². The van der Waals surface area contributed by atoms with Gasteiger partial charge in [-0.3, -0.25) is 0 Å². The Hall–Kier alpha value is -3.07. The highest BCUT2D eigenvalue weighted by atomic mass is 16.4. The lowest BCUT2D eigenvalue weighted by Gasteiger charge is -2.08. The van der Waals surface area contributed by atoms with Crippen LogP contribution >= 0.6 is 0 Å². The first-order valence-electron chi connectivity index (χ1n) is 7.91. The maximum Gasteiger partial charge on any atom is 0.335 e. The number of aromatic carboxylic acids is 1. The molecule has 3 nitrogen and oxygen atoms in total. The summed E-state index contributed by atoms with van der Waals surface area (Å²) in [6.45, 7) is 4.26. The topological polar surface area (TPSA) is 42.2 Å². The van der Waals surface area contributed by atoms with Crippen LogP contribution < -0.4 is 0 Å². The molecule has 0 saturated heterocycles. The molecule has 3 heteroatoms. The van der Waals surface area contributed by atoms with Gasteiger partial charge in [0.15, 0.2) is 0 Å². The van der Waals surface area contributed by atoms with Crippen molar-refractivity contribution in [3.63, 3.8) is 0 Å². The Morgan fingerprint density at radius 2 is 1.29 bits per heavy atom. The Morgan fingerprint density at radius 1 is 0.792 bits per heavy atom. The summed E-state index contributed by atoms with van der Waals surface area (Å²) in [5.74, 6) is -0.907. The highest BCUT2D eigenvalue weighted by Gasteiger charge is 2.15. The number of fused-ring (bicyclic) bond motifs is 3. The predicted molar refractivity (Wildman–Crippen MR) is 97.2 cm³/mol. The summed E-state index contributed by atoms with van der Waals surface area (Å²) in [5.41, 5.74) is 6.04. The lowest BCUT2D eigenvalue weighted by Crippen LogP contribution is -1.98. The van der Waals surface area contributed by atoms with E-state index in [1.165, 1.54) is 21.9 Å². The first-order chi connectivity index (χ1) is 11.6. The zero-order chi connectivity index (χ0) is 16.8. The molecule has 0 saturated carbocycles. The Balaban J connectivity index is 2.12. The number of hydrogen-bond donors (Lipinski definition) is 1. The van der Waals surface area contributed by atoms with Crippen molar-refractivity contribution in [1.29, 1.82) is 0 Å². The molecule has 4 rings (SSSR count). The van der Waals surface area contributed by atoms with Gasteiger partial charge in [0.1, 0.15) is 0 Å². The average Bonchev–Trinajstić information content (AvgIpc) is 2.92. The molecule has 4 aromatic rings. The quantitative estimate of drug-likeness (QED) is 0.559. The maximum absolute atomic E-state index is 11.1. The molecule has 3 aromatic carbocycles. The molecule has 1 aromatic heterocycles. The predicted octanol–water partition coefficient (Wildman–Crippen LogP) is 5.10. The minimum absolute atomic E-state index is 0.298. The van der Waals surface area contributed by atoms with E-state index in [1.54, 1.807) is 12.1 Å². The fourth-order valence-electron chi connectivity index (χ4n) is 3.49. The van der Waals surface area contributed by atoms with E-state index in [2.05, 4.69) is 54.8 Å². The van der Waals surface area contributed by atoms with Gasteiger partial charge in [-0.15, -0.1) is 0 Å². The lowest BCUT2D eigenvalue weighted by molar-refractivity contribution is 0.0697. The fraction of sp³-hybridized carbons (Fsp3) is 0.0952. The summed E-state index contributed by atoms with van der Waals surface area (Å²) in [6.07, 6.45) is 0. The Kier molecular flexibility index (Phi) is 3.17.